The number of ketones is 1. The molecule has 43 heavy (non-hydrogen) atoms. The summed E-state index contributed by atoms with van der Waals surface area (Å²) >= 11 is 0. The zero-order valence-electron chi connectivity index (χ0n) is 23.2. The van der Waals surface area contributed by atoms with E-state index in [9.17, 15) is 22.8 Å². The number of esters is 1. The van der Waals surface area contributed by atoms with Crippen LogP contribution >= 0.6 is 0 Å². The number of ether oxygens (including phenoxy) is 2. The van der Waals surface area contributed by atoms with Gasteiger partial charge in [0, 0.05) is 35.6 Å². The van der Waals surface area contributed by atoms with E-state index in [2.05, 4.69) is 5.32 Å². The van der Waals surface area contributed by atoms with Crippen LogP contribution in [-0.4, -0.2) is 42.5 Å². The van der Waals surface area contributed by atoms with E-state index in [0.717, 1.165) is 5.56 Å². The fourth-order valence-electron chi connectivity index (χ4n) is 5.32. The van der Waals surface area contributed by atoms with Crippen LogP contribution in [-0.2, 0) is 20.9 Å². The van der Waals surface area contributed by atoms with Crippen LogP contribution in [0, 0.1) is 29.1 Å². The van der Waals surface area contributed by atoms with Crippen LogP contribution in [0.3, 0.4) is 0 Å². The predicted molar refractivity (Wildman–Crippen MR) is 146 cm³/mol. The molecule has 0 saturated carbocycles. The van der Waals surface area contributed by atoms with E-state index in [-0.39, 0.29) is 36.7 Å². The van der Waals surface area contributed by atoms with Gasteiger partial charge in [-0.2, -0.15) is 0 Å². The van der Waals surface area contributed by atoms with Crippen LogP contribution in [0.15, 0.2) is 83.2 Å². The van der Waals surface area contributed by atoms with Crippen molar-refractivity contribution in [3.63, 3.8) is 0 Å². The highest BCUT2D eigenvalue weighted by Crippen LogP contribution is 2.44. The summed E-state index contributed by atoms with van der Waals surface area (Å²) in [6.45, 7) is 3.05. The molecule has 0 spiro atoms. The number of Topliss-reactive ketones (excluding diaryl/α,β-unsaturated/α-hetero) is 1. The number of hydrogen-bond acceptors (Lipinski definition) is 6. The number of carbonyl (C=O) groups excluding carboxylic acids is 2. The van der Waals surface area contributed by atoms with Crippen LogP contribution in [0.25, 0.3) is 0 Å². The predicted octanol–water partition coefficient (Wildman–Crippen LogP) is 5.69. The summed E-state index contributed by atoms with van der Waals surface area (Å²) in [5, 5.41) is 2.96. The number of nitrogens with zero attached hydrogens (tertiary/aromatic N) is 1. The van der Waals surface area contributed by atoms with Crippen molar-refractivity contribution in [1.82, 2.24) is 10.2 Å². The van der Waals surface area contributed by atoms with Crippen LogP contribution in [0.1, 0.15) is 30.9 Å². The Bertz CT molecular complexity index is 1600. The van der Waals surface area contributed by atoms with Crippen LogP contribution in [0.5, 0.6) is 5.75 Å². The molecule has 2 unspecified atom stereocenters. The molecule has 0 amide bonds. The Kier molecular flexibility index (Phi) is 8.63. The molecule has 224 valence electrons. The van der Waals surface area contributed by atoms with Crippen LogP contribution in [0.4, 0.5) is 22.0 Å². The van der Waals surface area contributed by atoms with Crippen molar-refractivity contribution in [2.75, 3.05) is 19.7 Å². The number of para-hydroxylation sites is 1. The average molecular weight is 599 g/mol. The number of rotatable bonds is 8. The van der Waals surface area contributed by atoms with Gasteiger partial charge < -0.3 is 14.8 Å². The molecule has 0 radical (unpaired) electrons. The fraction of sp³-hybridized carbons (Fsp3) is 0.250. The minimum Gasteiger partial charge on any atom is -0.490 e. The van der Waals surface area contributed by atoms with E-state index in [1.807, 2.05) is 30.3 Å². The van der Waals surface area contributed by atoms with Crippen molar-refractivity contribution in [3.8, 4) is 5.75 Å². The quantitative estimate of drug-likeness (QED) is 0.156. The van der Waals surface area contributed by atoms with E-state index in [0.29, 0.717) is 12.3 Å². The highest BCUT2D eigenvalue weighted by Gasteiger charge is 2.45. The molecule has 11 heteroatoms. The maximum atomic E-state index is 15.3. The number of dihydropyridines is 1. The molecule has 3 aromatic rings. The van der Waals surface area contributed by atoms with Crippen molar-refractivity contribution >= 4 is 11.8 Å². The topological polar surface area (TPSA) is 67.9 Å². The SMILES string of the molecule is CC1=C(C(=O)OC(C)COc2ccccc2)C(c2c(F)c(F)c(F)c(F)c2F)C2=C(CN(Cc3ccccc3)CC2=O)N1. The van der Waals surface area contributed by atoms with E-state index in [4.69, 9.17) is 9.47 Å². The monoisotopic (exact) mass is 598 g/mol. The van der Waals surface area contributed by atoms with Crippen molar-refractivity contribution in [1.29, 1.82) is 0 Å². The second kappa shape index (κ2) is 12.4. The molecule has 2 atom stereocenters. The highest BCUT2D eigenvalue weighted by molar-refractivity contribution is 6.05. The third kappa shape index (κ3) is 6.03. The van der Waals surface area contributed by atoms with Gasteiger partial charge in [0.25, 0.3) is 0 Å². The third-order valence-corrected chi connectivity index (χ3v) is 7.23. The van der Waals surface area contributed by atoms with Gasteiger partial charge in [0.15, 0.2) is 29.1 Å². The van der Waals surface area contributed by atoms with Crippen molar-refractivity contribution in [3.05, 3.63) is 123 Å². The summed E-state index contributed by atoms with van der Waals surface area (Å²) in [4.78, 5) is 28.9. The number of halogens is 5. The lowest BCUT2D eigenvalue weighted by Gasteiger charge is -2.38. The Hall–Kier alpha value is -4.51. The van der Waals surface area contributed by atoms with Gasteiger partial charge in [0.05, 0.1) is 18.0 Å². The Morgan fingerprint density at radius 1 is 0.907 bits per heavy atom. The van der Waals surface area contributed by atoms with Gasteiger partial charge in [-0.15, -0.1) is 0 Å². The second-order valence-electron chi connectivity index (χ2n) is 10.4. The Morgan fingerprint density at radius 3 is 2.12 bits per heavy atom. The van der Waals surface area contributed by atoms with Crippen LogP contribution < -0.4 is 10.1 Å². The Balaban J connectivity index is 1.52. The lowest BCUT2D eigenvalue weighted by molar-refractivity contribution is -0.145. The first-order valence-corrected chi connectivity index (χ1v) is 13.5. The maximum Gasteiger partial charge on any atom is 0.337 e. The minimum absolute atomic E-state index is 0.0447. The minimum atomic E-state index is -2.34. The van der Waals surface area contributed by atoms with Gasteiger partial charge >= 0.3 is 5.97 Å². The molecular formula is C32H27F5N2O4. The van der Waals surface area contributed by atoms with Gasteiger partial charge in [0.2, 0.25) is 5.82 Å². The molecule has 3 aromatic carbocycles. The molecular weight excluding hydrogens is 571 g/mol. The molecule has 2 heterocycles. The van der Waals surface area contributed by atoms with E-state index >= 15 is 8.78 Å². The van der Waals surface area contributed by atoms with Crippen molar-refractivity contribution in [2.45, 2.75) is 32.4 Å². The summed E-state index contributed by atoms with van der Waals surface area (Å²) in [6, 6.07) is 17.9. The van der Waals surface area contributed by atoms with Crippen molar-refractivity contribution < 1.29 is 41.0 Å². The number of benzene rings is 3. The lowest BCUT2D eigenvalue weighted by Crippen LogP contribution is -2.45. The smallest absolute Gasteiger partial charge is 0.337 e. The lowest BCUT2D eigenvalue weighted by atomic mass is 9.76. The average Bonchev–Trinajstić information content (AvgIpc) is 2.98. The van der Waals surface area contributed by atoms with Crippen LogP contribution in [0.2, 0.25) is 0 Å². The summed E-state index contributed by atoms with van der Waals surface area (Å²) in [6.07, 6.45) is -0.885. The molecule has 6 nitrogen and oxygen atoms in total. The number of hydrogen-bond donors (Lipinski definition) is 1. The molecule has 0 bridgehead atoms. The van der Waals surface area contributed by atoms with Gasteiger partial charge in [-0.05, 0) is 31.5 Å². The first kappa shape index (κ1) is 30.0. The Labute approximate surface area is 244 Å². The highest BCUT2D eigenvalue weighted by atomic mass is 19.2. The van der Waals surface area contributed by atoms with Gasteiger partial charge in [-0.3, -0.25) is 9.69 Å². The first-order chi connectivity index (χ1) is 20.6. The summed E-state index contributed by atoms with van der Waals surface area (Å²) in [5.74, 6) is -14.1. The van der Waals surface area contributed by atoms with E-state index in [1.54, 1.807) is 35.2 Å². The molecule has 2 aliphatic rings. The number of nitrogens with one attached hydrogen (secondary N) is 1. The normalized spacial score (nSPS) is 17.8. The molecule has 1 N–H and O–H groups in total. The molecule has 5 rings (SSSR count). The molecule has 0 aliphatic carbocycles. The van der Waals surface area contributed by atoms with Crippen molar-refractivity contribution in [2.24, 2.45) is 0 Å². The third-order valence-electron chi connectivity index (χ3n) is 7.23. The van der Waals surface area contributed by atoms with Gasteiger partial charge in [0.1, 0.15) is 18.5 Å². The number of carbonyl (C=O) groups is 2. The number of allylic oxidation sites excluding steroid dienone is 1. The van der Waals surface area contributed by atoms with E-state index in [1.165, 1.54) is 13.8 Å². The molecule has 0 fully saturated rings. The summed E-state index contributed by atoms with van der Waals surface area (Å²) in [7, 11) is 0. The first-order valence-electron chi connectivity index (χ1n) is 13.5. The molecule has 0 aromatic heterocycles. The Morgan fingerprint density at radius 2 is 1.49 bits per heavy atom. The second-order valence-corrected chi connectivity index (χ2v) is 10.4. The summed E-state index contributed by atoms with van der Waals surface area (Å²) in [5.41, 5.74) is -0.875. The summed E-state index contributed by atoms with van der Waals surface area (Å²) < 4.78 is 84.6. The molecule has 0 saturated heterocycles. The van der Waals surface area contributed by atoms with Gasteiger partial charge in [-0.25, -0.2) is 26.7 Å². The maximum absolute atomic E-state index is 15.3. The standard InChI is InChI=1S/C32H27F5N2O4/c1-17(16-42-20-11-7-4-8-12-20)43-32(41)23-18(2)38-21-14-39(13-19-9-5-3-6-10-19)15-22(40)24(21)25(23)26-27(33)29(35)31(37)30(36)28(26)34/h3-12,17,25,38H,13-16H2,1-2H3. The largest absolute Gasteiger partial charge is 0.490 e. The zero-order chi connectivity index (χ0) is 30.8. The van der Waals surface area contributed by atoms with Gasteiger partial charge in [-0.1, -0.05) is 48.5 Å². The van der Waals surface area contributed by atoms with E-state index < -0.39 is 64.0 Å². The zero-order valence-corrected chi connectivity index (χ0v) is 23.2. The fourth-order valence-corrected chi connectivity index (χ4v) is 5.32. The molecule has 2 aliphatic heterocycles.